The minimum Gasteiger partial charge on any atom is -0.370 e. The third-order valence-electron chi connectivity index (χ3n) is 5.95. The SMILES string of the molecule is O=C(Cn1ncc(N2CCCC2)cc1=O)N1CCC(Cc2ccccc2)CC1. The maximum Gasteiger partial charge on any atom is 0.269 e. The third kappa shape index (κ3) is 4.43. The highest BCUT2D eigenvalue weighted by Crippen LogP contribution is 2.22. The summed E-state index contributed by atoms with van der Waals surface area (Å²) in [7, 11) is 0. The number of anilines is 1. The molecule has 2 aromatic rings. The first kappa shape index (κ1) is 18.7. The van der Waals surface area contributed by atoms with Crippen LogP contribution in [0.3, 0.4) is 0 Å². The van der Waals surface area contributed by atoms with Crippen LogP contribution < -0.4 is 10.5 Å². The van der Waals surface area contributed by atoms with Crippen molar-refractivity contribution in [2.24, 2.45) is 5.92 Å². The number of nitrogens with zero attached hydrogens (tertiary/aromatic N) is 4. The molecule has 6 heteroatoms. The van der Waals surface area contributed by atoms with Crippen molar-refractivity contribution in [3.8, 4) is 0 Å². The van der Waals surface area contributed by atoms with Crippen LogP contribution >= 0.6 is 0 Å². The third-order valence-corrected chi connectivity index (χ3v) is 5.95. The van der Waals surface area contributed by atoms with Crippen LogP contribution in [0.15, 0.2) is 47.4 Å². The van der Waals surface area contributed by atoms with Crippen molar-refractivity contribution < 1.29 is 4.79 Å². The first-order valence-corrected chi connectivity index (χ1v) is 10.3. The zero-order valence-electron chi connectivity index (χ0n) is 16.3. The van der Waals surface area contributed by atoms with Gasteiger partial charge in [0.1, 0.15) is 6.54 Å². The summed E-state index contributed by atoms with van der Waals surface area (Å²) in [6.07, 6.45) is 7.12. The molecular weight excluding hydrogens is 352 g/mol. The molecule has 0 saturated carbocycles. The fourth-order valence-electron chi connectivity index (χ4n) is 4.25. The van der Waals surface area contributed by atoms with Crippen LogP contribution in [0.2, 0.25) is 0 Å². The van der Waals surface area contributed by atoms with Gasteiger partial charge in [-0.25, -0.2) is 4.68 Å². The van der Waals surface area contributed by atoms with Crippen molar-refractivity contribution in [2.45, 2.75) is 38.6 Å². The molecule has 0 atom stereocenters. The highest BCUT2D eigenvalue weighted by molar-refractivity contribution is 5.76. The second-order valence-electron chi connectivity index (χ2n) is 7.92. The molecule has 3 heterocycles. The van der Waals surface area contributed by atoms with Crippen LogP contribution in [0.5, 0.6) is 0 Å². The molecule has 2 fully saturated rings. The lowest BCUT2D eigenvalue weighted by Gasteiger charge is -2.32. The van der Waals surface area contributed by atoms with Gasteiger partial charge >= 0.3 is 0 Å². The first-order chi connectivity index (χ1) is 13.7. The fourth-order valence-corrected chi connectivity index (χ4v) is 4.25. The summed E-state index contributed by atoms with van der Waals surface area (Å²) in [6.45, 7) is 3.50. The average molecular weight is 380 g/mol. The molecule has 1 amide bonds. The van der Waals surface area contributed by atoms with Gasteiger partial charge in [-0.3, -0.25) is 9.59 Å². The van der Waals surface area contributed by atoms with E-state index >= 15 is 0 Å². The van der Waals surface area contributed by atoms with Crippen molar-refractivity contribution in [1.29, 1.82) is 0 Å². The van der Waals surface area contributed by atoms with Crippen LogP contribution in [0.4, 0.5) is 5.69 Å². The van der Waals surface area contributed by atoms with Gasteiger partial charge in [-0.05, 0) is 43.6 Å². The normalized spacial score (nSPS) is 17.9. The summed E-state index contributed by atoms with van der Waals surface area (Å²) in [5.74, 6) is 0.605. The lowest BCUT2D eigenvalue weighted by molar-refractivity contribution is -0.133. The Hall–Kier alpha value is -2.63. The Morgan fingerprint density at radius 2 is 1.75 bits per heavy atom. The molecule has 0 radical (unpaired) electrons. The molecule has 0 aliphatic carbocycles. The van der Waals surface area contributed by atoms with E-state index < -0.39 is 0 Å². The maximum absolute atomic E-state index is 12.6. The summed E-state index contributed by atoms with van der Waals surface area (Å²) >= 11 is 0. The van der Waals surface area contributed by atoms with Gasteiger partial charge < -0.3 is 9.80 Å². The van der Waals surface area contributed by atoms with Gasteiger partial charge in [0.2, 0.25) is 5.91 Å². The molecule has 148 valence electrons. The quantitative estimate of drug-likeness (QED) is 0.799. The minimum absolute atomic E-state index is 0.0123. The predicted molar refractivity (Wildman–Crippen MR) is 109 cm³/mol. The summed E-state index contributed by atoms with van der Waals surface area (Å²) in [4.78, 5) is 29.1. The van der Waals surface area contributed by atoms with Crippen LogP contribution in [0.1, 0.15) is 31.2 Å². The van der Waals surface area contributed by atoms with E-state index in [0.29, 0.717) is 5.92 Å². The van der Waals surface area contributed by atoms with Crippen LogP contribution in [-0.2, 0) is 17.8 Å². The molecule has 0 spiro atoms. The van der Waals surface area contributed by atoms with Gasteiger partial charge in [0.25, 0.3) is 5.56 Å². The molecular formula is C22H28N4O2. The van der Waals surface area contributed by atoms with Gasteiger partial charge in [-0.15, -0.1) is 0 Å². The summed E-state index contributed by atoms with van der Waals surface area (Å²) < 4.78 is 1.29. The molecule has 2 saturated heterocycles. The van der Waals surface area contributed by atoms with Crippen LogP contribution in [-0.4, -0.2) is 46.8 Å². The van der Waals surface area contributed by atoms with Crippen molar-refractivity contribution in [1.82, 2.24) is 14.7 Å². The maximum atomic E-state index is 12.6. The number of rotatable bonds is 5. The minimum atomic E-state index is -0.197. The number of carbonyl (C=O) groups is 1. The van der Waals surface area contributed by atoms with Crippen LogP contribution in [0, 0.1) is 5.92 Å². The Morgan fingerprint density at radius 1 is 1.04 bits per heavy atom. The van der Waals surface area contributed by atoms with Crippen LogP contribution in [0.25, 0.3) is 0 Å². The van der Waals surface area contributed by atoms with Gasteiger partial charge in [-0.2, -0.15) is 5.10 Å². The molecule has 6 nitrogen and oxygen atoms in total. The molecule has 0 bridgehead atoms. The average Bonchev–Trinajstić information content (AvgIpc) is 3.26. The van der Waals surface area contributed by atoms with E-state index in [1.165, 1.54) is 10.2 Å². The van der Waals surface area contributed by atoms with E-state index in [0.717, 1.165) is 64.0 Å². The van der Waals surface area contributed by atoms with Gasteiger partial charge in [0.15, 0.2) is 0 Å². The molecule has 28 heavy (non-hydrogen) atoms. The smallest absolute Gasteiger partial charge is 0.269 e. The number of aromatic nitrogens is 2. The molecule has 4 rings (SSSR count). The number of piperidine rings is 1. The standard InChI is InChI=1S/C22H28N4O2/c27-21-15-20(24-10-4-5-11-24)16-23-26(21)17-22(28)25-12-8-19(9-13-25)14-18-6-2-1-3-7-18/h1-3,6-7,15-16,19H,4-5,8-14,17H2. The highest BCUT2D eigenvalue weighted by Gasteiger charge is 2.23. The van der Waals surface area contributed by atoms with Crippen molar-refractivity contribution >= 4 is 11.6 Å². The Morgan fingerprint density at radius 3 is 2.43 bits per heavy atom. The molecule has 2 aliphatic rings. The predicted octanol–water partition coefficient (Wildman–Crippen LogP) is 2.32. The topological polar surface area (TPSA) is 58.4 Å². The molecule has 1 aromatic heterocycles. The number of likely N-dealkylation sites (tertiary alicyclic amines) is 1. The van der Waals surface area contributed by atoms with E-state index in [4.69, 9.17) is 0 Å². The van der Waals surface area contributed by atoms with E-state index in [9.17, 15) is 9.59 Å². The number of hydrogen-bond donors (Lipinski definition) is 0. The van der Waals surface area contributed by atoms with E-state index in [-0.39, 0.29) is 18.0 Å². The Balaban J connectivity index is 1.30. The van der Waals surface area contributed by atoms with Crippen molar-refractivity contribution in [2.75, 3.05) is 31.1 Å². The monoisotopic (exact) mass is 380 g/mol. The van der Waals surface area contributed by atoms with Gasteiger partial charge in [-0.1, -0.05) is 30.3 Å². The number of carbonyl (C=O) groups excluding carboxylic acids is 1. The van der Waals surface area contributed by atoms with E-state index in [2.05, 4.69) is 34.3 Å². The summed E-state index contributed by atoms with van der Waals surface area (Å²) in [5, 5.41) is 4.24. The lowest BCUT2D eigenvalue weighted by atomic mass is 9.90. The Bertz CT molecular complexity index is 850. The largest absolute Gasteiger partial charge is 0.370 e. The summed E-state index contributed by atoms with van der Waals surface area (Å²) in [5.41, 5.74) is 2.03. The van der Waals surface area contributed by atoms with Crippen molar-refractivity contribution in [3.63, 3.8) is 0 Å². The van der Waals surface area contributed by atoms with Gasteiger partial charge in [0, 0.05) is 32.2 Å². The van der Waals surface area contributed by atoms with E-state index in [1.54, 1.807) is 12.3 Å². The fraction of sp³-hybridized carbons (Fsp3) is 0.500. The summed E-state index contributed by atoms with van der Waals surface area (Å²) in [6, 6.07) is 12.1. The second kappa shape index (κ2) is 8.59. The number of amides is 1. The van der Waals surface area contributed by atoms with Gasteiger partial charge in [0.05, 0.1) is 11.9 Å². The van der Waals surface area contributed by atoms with Crippen molar-refractivity contribution in [3.05, 3.63) is 58.5 Å². The second-order valence-corrected chi connectivity index (χ2v) is 7.92. The zero-order valence-corrected chi connectivity index (χ0v) is 16.3. The highest BCUT2D eigenvalue weighted by atomic mass is 16.2. The first-order valence-electron chi connectivity index (χ1n) is 10.3. The zero-order chi connectivity index (χ0) is 19.3. The molecule has 1 aromatic carbocycles. The Labute approximate surface area is 165 Å². The molecule has 2 aliphatic heterocycles. The van der Waals surface area contributed by atoms with E-state index in [1.807, 2.05) is 11.0 Å². The lowest BCUT2D eigenvalue weighted by Crippen LogP contribution is -2.42. The Kier molecular flexibility index (Phi) is 5.74. The number of hydrogen-bond acceptors (Lipinski definition) is 4. The molecule has 0 N–H and O–H groups in total. The molecule has 0 unspecified atom stereocenters. The number of benzene rings is 1.